The fourth-order valence-corrected chi connectivity index (χ4v) is 2.52. The molecular weight excluding hydrogens is 220 g/mol. The van der Waals surface area contributed by atoms with E-state index in [0.717, 1.165) is 12.5 Å². The predicted octanol–water partition coefficient (Wildman–Crippen LogP) is 3.31. The highest BCUT2D eigenvalue weighted by Gasteiger charge is 2.21. The number of nitrogens with zero attached hydrogens (tertiary/aromatic N) is 1. The van der Waals surface area contributed by atoms with Crippen LogP contribution in [0.1, 0.15) is 38.8 Å². The SMILES string of the molecule is CNCC(c1ccccc1)N(C)C(C)CC(C)C. The van der Waals surface area contributed by atoms with Crippen LogP contribution < -0.4 is 5.32 Å². The summed E-state index contributed by atoms with van der Waals surface area (Å²) in [5.74, 6) is 0.744. The highest BCUT2D eigenvalue weighted by Crippen LogP contribution is 2.23. The van der Waals surface area contributed by atoms with Gasteiger partial charge in [0.25, 0.3) is 0 Å². The van der Waals surface area contributed by atoms with E-state index in [1.807, 2.05) is 7.05 Å². The lowest BCUT2D eigenvalue weighted by atomic mass is 9.99. The summed E-state index contributed by atoms with van der Waals surface area (Å²) in [5, 5.41) is 3.31. The maximum absolute atomic E-state index is 3.31. The second-order valence-electron chi connectivity index (χ2n) is 5.63. The fraction of sp³-hybridized carbons (Fsp3) is 0.625. The Morgan fingerprint density at radius 3 is 2.22 bits per heavy atom. The molecular formula is C16H28N2. The second-order valence-corrected chi connectivity index (χ2v) is 5.63. The van der Waals surface area contributed by atoms with E-state index in [0.29, 0.717) is 12.1 Å². The van der Waals surface area contributed by atoms with Crippen molar-refractivity contribution in [2.24, 2.45) is 5.92 Å². The van der Waals surface area contributed by atoms with E-state index in [1.165, 1.54) is 12.0 Å². The molecule has 0 radical (unpaired) electrons. The Morgan fingerprint density at radius 2 is 1.72 bits per heavy atom. The van der Waals surface area contributed by atoms with Crippen LogP contribution in [0.15, 0.2) is 30.3 Å². The highest BCUT2D eigenvalue weighted by molar-refractivity contribution is 5.19. The summed E-state index contributed by atoms with van der Waals surface area (Å²) in [6.07, 6.45) is 1.24. The minimum atomic E-state index is 0.449. The van der Waals surface area contributed by atoms with Crippen molar-refractivity contribution in [1.82, 2.24) is 10.2 Å². The zero-order valence-electron chi connectivity index (χ0n) is 12.5. The zero-order chi connectivity index (χ0) is 13.5. The van der Waals surface area contributed by atoms with Crippen LogP contribution in [-0.2, 0) is 0 Å². The Bertz CT molecular complexity index is 321. The molecule has 0 bridgehead atoms. The summed E-state index contributed by atoms with van der Waals surface area (Å²) < 4.78 is 0. The van der Waals surface area contributed by atoms with Gasteiger partial charge in [-0.05, 0) is 38.9 Å². The number of rotatable bonds is 7. The third kappa shape index (κ3) is 4.43. The topological polar surface area (TPSA) is 15.3 Å². The highest BCUT2D eigenvalue weighted by atomic mass is 15.2. The standard InChI is InChI=1S/C16H28N2/c1-13(2)11-14(3)18(5)16(12-17-4)15-9-7-6-8-10-15/h6-10,13-14,16-17H,11-12H2,1-5H3. The van der Waals surface area contributed by atoms with Crippen molar-refractivity contribution in [1.29, 1.82) is 0 Å². The van der Waals surface area contributed by atoms with E-state index in [9.17, 15) is 0 Å². The zero-order valence-corrected chi connectivity index (χ0v) is 12.5. The van der Waals surface area contributed by atoms with Crippen molar-refractivity contribution < 1.29 is 0 Å². The monoisotopic (exact) mass is 248 g/mol. The molecule has 0 aliphatic carbocycles. The molecule has 2 heteroatoms. The Labute approximate surface area is 112 Å². The van der Waals surface area contributed by atoms with E-state index in [1.54, 1.807) is 0 Å². The van der Waals surface area contributed by atoms with Gasteiger partial charge < -0.3 is 5.32 Å². The number of nitrogens with one attached hydrogen (secondary N) is 1. The maximum Gasteiger partial charge on any atom is 0.0472 e. The Morgan fingerprint density at radius 1 is 1.11 bits per heavy atom. The predicted molar refractivity (Wildman–Crippen MR) is 79.8 cm³/mol. The molecule has 0 aliphatic rings. The summed E-state index contributed by atoms with van der Waals surface area (Å²) in [6.45, 7) is 7.90. The second kappa shape index (κ2) is 7.55. The number of hydrogen-bond acceptors (Lipinski definition) is 2. The summed E-state index contributed by atoms with van der Waals surface area (Å²) in [4.78, 5) is 2.49. The van der Waals surface area contributed by atoms with Crippen LogP contribution in [0.4, 0.5) is 0 Å². The van der Waals surface area contributed by atoms with Crippen molar-refractivity contribution in [2.75, 3.05) is 20.6 Å². The molecule has 102 valence electrons. The van der Waals surface area contributed by atoms with Crippen LogP contribution in [-0.4, -0.2) is 31.6 Å². The van der Waals surface area contributed by atoms with E-state index in [-0.39, 0.29) is 0 Å². The first-order valence-corrected chi connectivity index (χ1v) is 6.97. The molecule has 0 heterocycles. The van der Waals surface area contributed by atoms with Crippen molar-refractivity contribution in [3.8, 4) is 0 Å². The minimum Gasteiger partial charge on any atom is -0.318 e. The van der Waals surface area contributed by atoms with Crippen LogP contribution in [0.5, 0.6) is 0 Å². The largest absolute Gasteiger partial charge is 0.318 e. The molecule has 1 N–H and O–H groups in total. The molecule has 18 heavy (non-hydrogen) atoms. The average molecular weight is 248 g/mol. The van der Waals surface area contributed by atoms with E-state index < -0.39 is 0 Å². The average Bonchev–Trinajstić information content (AvgIpc) is 2.35. The molecule has 0 fully saturated rings. The van der Waals surface area contributed by atoms with Crippen molar-refractivity contribution >= 4 is 0 Å². The van der Waals surface area contributed by atoms with E-state index >= 15 is 0 Å². The van der Waals surface area contributed by atoms with Crippen molar-refractivity contribution in [2.45, 2.75) is 39.3 Å². The molecule has 0 aliphatic heterocycles. The Kier molecular flexibility index (Phi) is 6.37. The van der Waals surface area contributed by atoms with Gasteiger partial charge in [-0.25, -0.2) is 0 Å². The fourth-order valence-electron chi connectivity index (χ4n) is 2.52. The molecule has 0 saturated carbocycles. The number of likely N-dealkylation sites (N-methyl/N-ethyl adjacent to an activating group) is 2. The molecule has 2 atom stereocenters. The maximum atomic E-state index is 3.31. The van der Waals surface area contributed by atoms with Crippen LogP contribution in [0.2, 0.25) is 0 Å². The van der Waals surface area contributed by atoms with Gasteiger partial charge in [0.2, 0.25) is 0 Å². The van der Waals surface area contributed by atoms with Gasteiger partial charge in [0, 0.05) is 18.6 Å². The summed E-state index contributed by atoms with van der Waals surface area (Å²) in [5.41, 5.74) is 1.39. The van der Waals surface area contributed by atoms with Crippen LogP contribution in [0, 0.1) is 5.92 Å². The number of hydrogen-bond donors (Lipinski definition) is 1. The van der Waals surface area contributed by atoms with Gasteiger partial charge in [-0.3, -0.25) is 4.90 Å². The third-order valence-corrected chi connectivity index (χ3v) is 3.58. The molecule has 2 unspecified atom stereocenters. The van der Waals surface area contributed by atoms with Gasteiger partial charge in [-0.2, -0.15) is 0 Å². The molecule has 2 nitrogen and oxygen atoms in total. The molecule has 0 aromatic heterocycles. The Balaban J connectivity index is 2.78. The molecule has 0 saturated heterocycles. The van der Waals surface area contributed by atoms with E-state index in [2.05, 4.69) is 68.4 Å². The molecule has 0 amide bonds. The van der Waals surface area contributed by atoms with Gasteiger partial charge in [0.05, 0.1) is 0 Å². The van der Waals surface area contributed by atoms with Gasteiger partial charge in [-0.15, -0.1) is 0 Å². The summed E-state index contributed by atoms with van der Waals surface area (Å²) >= 11 is 0. The third-order valence-electron chi connectivity index (χ3n) is 3.58. The lowest BCUT2D eigenvalue weighted by molar-refractivity contribution is 0.163. The van der Waals surface area contributed by atoms with Crippen molar-refractivity contribution in [3.05, 3.63) is 35.9 Å². The molecule has 1 aromatic rings. The molecule has 0 spiro atoms. The minimum absolute atomic E-state index is 0.449. The molecule has 1 aromatic carbocycles. The first-order valence-electron chi connectivity index (χ1n) is 6.97. The van der Waals surface area contributed by atoms with Gasteiger partial charge >= 0.3 is 0 Å². The summed E-state index contributed by atoms with van der Waals surface area (Å²) in [7, 11) is 4.26. The van der Waals surface area contributed by atoms with E-state index in [4.69, 9.17) is 0 Å². The Hall–Kier alpha value is -0.860. The van der Waals surface area contributed by atoms with Crippen LogP contribution in [0.25, 0.3) is 0 Å². The molecule has 1 rings (SSSR count). The quantitative estimate of drug-likeness (QED) is 0.796. The first-order chi connectivity index (χ1) is 8.56. The lowest BCUT2D eigenvalue weighted by Crippen LogP contribution is -2.38. The van der Waals surface area contributed by atoms with Crippen LogP contribution in [0.3, 0.4) is 0 Å². The van der Waals surface area contributed by atoms with Gasteiger partial charge in [0.1, 0.15) is 0 Å². The summed E-state index contributed by atoms with van der Waals surface area (Å²) in [6, 6.07) is 11.8. The lowest BCUT2D eigenvalue weighted by Gasteiger charge is -2.34. The smallest absolute Gasteiger partial charge is 0.0472 e. The number of benzene rings is 1. The first kappa shape index (κ1) is 15.2. The van der Waals surface area contributed by atoms with Crippen molar-refractivity contribution in [3.63, 3.8) is 0 Å². The van der Waals surface area contributed by atoms with Crippen LogP contribution >= 0.6 is 0 Å². The van der Waals surface area contributed by atoms with Gasteiger partial charge in [-0.1, -0.05) is 44.2 Å². The normalized spacial score (nSPS) is 15.1. The van der Waals surface area contributed by atoms with Gasteiger partial charge in [0.15, 0.2) is 0 Å².